The Kier molecular flexibility index (Phi) is 4.06. The van der Waals surface area contributed by atoms with Gasteiger partial charge in [0.15, 0.2) is 0 Å². The van der Waals surface area contributed by atoms with Crippen molar-refractivity contribution in [3.63, 3.8) is 0 Å². The highest BCUT2D eigenvalue weighted by Gasteiger charge is 2.15. The van der Waals surface area contributed by atoms with Crippen LogP contribution in [0.4, 0.5) is 11.4 Å². The predicted octanol–water partition coefficient (Wildman–Crippen LogP) is 3.45. The Bertz CT molecular complexity index is 741. The molecule has 0 fully saturated rings. The van der Waals surface area contributed by atoms with Gasteiger partial charge in [-0.25, -0.2) is 8.42 Å². The smallest absolute Gasteiger partial charge is 0.261 e. The SMILES string of the molecule is Cc1cc(C)c(NS(=O)(=O)c2ccc(Br)cc2)cc1N. The zero-order chi connectivity index (χ0) is 14.9. The van der Waals surface area contributed by atoms with Gasteiger partial charge in [-0.15, -0.1) is 0 Å². The molecule has 106 valence electrons. The van der Waals surface area contributed by atoms with E-state index in [0.717, 1.165) is 15.6 Å². The van der Waals surface area contributed by atoms with Crippen molar-refractivity contribution in [1.82, 2.24) is 0 Å². The van der Waals surface area contributed by atoms with Crippen LogP contribution >= 0.6 is 15.9 Å². The highest BCUT2D eigenvalue weighted by molar-refractivity contribution is 9.10. The molecule has 4 nitrogen and oxygen atoms in total. The lowest BCUT2D eigenvalue weighted by Gasteiger charge is -2.12. The number of sulfonamides is 1. The fraction of sp³-hybridized carbons (Fsp3) is 0.143. The van der Waals surface area contributed by atoms with Crippen LogP contribution in [0.1, 0.15) is 11.1 Å². The molecule has 0 unspecified atom stereocenters. The van der Waals surface area contributed by atoms with Crippen molar-refractivity contribution in [1.29, 1.82) is 0 Å². The quantitative estimate of drug-likeness (QED) is 0.829. The van der Waals surface area contributed by atoms with Gasteiger partial charge in [0.25, 0.3) is 10.0 Å². The van der Waals surface area contributed by atoms with Crippen molar-refractivity contribution >= 4 is 37.3 Å². The second kappa shape index (κ2) is 5.46. The number of benzene rings is 2. The molecule has 20 heavy (non-hydrogen) atoms. The van der Waals surface area contributed by atoms with E-state index in [9.17, 15) is 8.42 Å². The van der Waals surface area contributed by atoms with Gasteiger partial charge in [0.2, 0.25) is 0 Å². The van der Waals surface area contributed by atoms with E-state index < -0.39 is 10.0 Å². The minimum absolute atomic E-state index is 0.208. The van der Waals surface area contributed by atoms with Gasteiger partial charge in [-0.3, -0.25) is 4.72 Å². The first-order valence-corrected chi connectivity index (χ1v) is 8.22. The van der Waals surface area contributed by atoms with Crippen LogP contribution in [0.3, 0.4) is 0 Å². The molecular weight excluding hydrogens is 340 g/mol. The minimum Gasteiger partial charge on any atom is -0.398 e. The lowest BCUT2D eigenvalue weighted by molar-refractivity contribution is 0.601. The van der Waals surface area contributed by atoms with E-state index in [4.69, 9.17) is 5.73 Å². The molecular formula is C14H15BrN2O2S. The number of rotatable bonds is 3. The topological polar surface area (TPSA) is 72.2 Å². The van der Waals surface area contributed by atoms with Crippen molar-refractivity contribution < 1.29 is 8.42 Å². The van der Waals surface area contributed by atoms with E-state index in [-0.39, 0.29) is 4.90 Å². The predicted molar refractivity (Wildman–Crippen MR) is 85.3 cm³/mol. The third kappa shape index (κ3) is 3.13. The fourth-order valence-corrected chi connectivity index (χ4v) is 3.18. The van der Waals surface area contributed by atoms with Crippen LogP contribution in [0.25, 0.3) is 0 Å². The molecule has 0 bridgehead atoms. The highest BCUT2D eigenvalue weighted by Crippen LogP contribution is 2.25. The molecule has 0 spiro atoms. The summed E-state index contributed by atoms with van der Waals surface area (Å²) in [6.07, 6.45) is 0. The second-order valence-corrected chi connectivity index (χ2v) is 7.18. The van der Waals surface area contributed by atoms with Crippen LogP contribution in [0.2, 0.25) is 0 Å². The van der Waals surface area contributed by atoms with E-state index >= 15 is 0 Å². The van der Waals surface area contributed by atoms with E-state index in [2.05, 4.69) is 20.7 Å². The summed E-state index contributed by atoms with van der Waals surface area (Å²) in [7, 11) is -3.61. The Labute approximate surface area is 127 Å². The third-order valence-corrected chi connectivity index (χ3v) is 4.89. The number of nitrogens with one attached hydrogen (secondary N) is 1. The number of hydrogen-bond acceptors (Lipinski definition) is 3. The summed E-state index contributed by atoms with van der Waals surface area (Å²) in [4.78, 5) is 0.208. The Hall–Kier alpha value is -1.53. The van der Waals surface area contributed by atoms with E-state index in [0.29, 0.717) is 11.4 Å². The summed E-state index contributed by atoms with van der Waals surface area (Å²) in [6.45, 7) is 3.72. The maximum absolute atomic E-state index is 12.3. The van der Waals surface area contributed by atoms with Crippen molar-refractivity contribution in [2.24, 2.45) is 0 Å². The molecule has 0 heterocycles. The van der Waals surface area contributed by atoms with Gasteiger partial charge in [-0.1, -0.05) is 22.0 Å². The summed E-state index contributed by atoms with van der Waals surface area (Å²) >= 11 is 3.28. The van der Waals surface area contributed by atoms with E-state index in [1.54, 1.807) is 30.3 Å². The molecule has 0 saturated carbocycles. The molecule has 0 amide bonds. The van der Waals surface area contributed by atoms with Gasteiger partial charge >= 0.3 is 0 Å². The average molecular weight is 355 g/mol. The summed E-state index contributed by atoms with van der Waals surface area (Å²) in [6, 6.07) is 9.95. The molecule has 0 radical (unpaired) electrons. The van der Waals surface area contributed by atoms with Crippen LogP contribution in [-0.4, -0.2) is 8.42 Å². The number of hydrogen-bond donors (Lipinski definition) is 2. The first kappa shape index (κ1) is 14.9. The molecule has 2 rings (SSSR count). The maximum Gasteiger partial charge on any atom is 0.261 e. The Morgan fingerprint density at radius 1 is 1.05 bits per heavy atom. The zero-order valence-corrected chi connectivity index (χ0v) is 13.5. The highest BCUT2D eigenvalue weighted by atomic mass is 79.9. The van der Waals surface area contributed by atoms with Crippen molar-refractivity contribution in [2.45, 2.75) is 18.7 Å². The van der Waals surface area contributed by atoms with Gasteiger partial charge in [0.1, 0.15) is 0 Å². The van der Waals surface area contributed by atoms with Gasteiger partial charge in [0, 0.05) is 10.2 Å². The number of aryl methyl sites for hydroxylation is 2. The monoisotopic (exact) mass is 354 g/mol. The van der Waals surface area contributed by atoms with Gasteiger partial charge in [-0.05, 0) is 55.3 Å². The molecule has 2 aromatic rings. The van der Waals surface area contributed by atoms with Crippen molar-refractivity contribution in [2.75, 3.05) is 10.5 Å². The van der Waals surface area contributed by atoms with Crippen LogP contribution in [0, 0.1) is 13.8 Å². The summed E-state index contributed by atoms with van der Waals surface area (Å²) in [5, 5.41) is 0. The van der Waals surface area contributed by atoms with Crippen LogP contribution < -0.4 is 10.5 Å². The second-order valence-electron chi connectivity index (χ2n) is 4.58. The Morgan fingerprint density at radius 3 is 2.25 bits per heavy atom. The Balaban J connectivity index is 2.38. The molecule has 0 atom stereocenters. The zero-order valence-electron chi connectivity index (χ0n) is 11.1. The normalized spacial score (nSPS) is 11.3. The average Bonchev–Trinajstić information content (AvgIpc) is 2.36. The van der Waals surface area contributed by atoms with Gasteiger partial charge in [0.05, 0.1) is 10.6 Å². The van der Waals surface area contributed by atoms with Crippen molar-refractivity contribution in [3.05, 3.63) is 52.0 Å². The number of nitrogens with two attached hydrogens (primary N) is 1. The van der Waals surface area contributed by atoms with Crippen LogP contribution in [0.5, 0.6) is 0 Å². The van der Waals surface area contributed by atoms with Crippen molar-refractivity contribution in [3.8, 4) is 0 Å². The molecule has 0 aliphatic heterocycles. The van der Waals surface area contributed by atoms with Crippen LogP contribution in [-0.2, 0) is 10.0 Å². The standard InChI is InChI=1S/C14H15BrN2O2S/c1-9-7-10(2)14(8-13(9)16)17-20(18,19)12-5-3-11(15)4-6-12/h3-8,17H,16H2,1-2H3. The fourth-order valence-electron chi connectivity index (χ4n) is 1.80. The van der Waals surface area contributed by atoms with Crippen LogP contribution in [0.15, 0.2) is 45.8 Å². The largest absolute Gasteiger partial charge is 0.398 e. The minimum atomic E-state index is -3.61. The number of anilines is 2. The molecule has 0 saturated heterocycles. The number of halogens is 1. The van der Waals surface area contributed by atoms with E-state index in [1.807, 2.05) is 19.9 Å². The van der Waals surface area contributed by atoms with Gasteiger partial charge in [-0.2, -0.15) is 0 Å². The first-order valence-electron chi connectivity index (χ1n) is 5.95. The van der Waals surface area contributed by atoms with Gasteiger partial charge < -0.3 is 5.73 Å². The molecule has 0 aliphatic rings. The number of nitrogen functional groups attached to an aromatic ring is 1. The molecule has 0 aliphatic carbocycles. The lowest BCUT2D eigenvalue weighted by Crippen LogP contribution is -2.14. The third-order valence-electron chi connectivity index (χ3n) is 2.98. The molecule has 6 heteroatoms. The summed E-state index contributed by atoms with van der Waals surface area (Å²) in [5.74, 6) is 0. The summed E-state index contributed by atoms with van der Waals surface area (Å²) < 4.78 is 28.0. The molecule has 0 aromatic heterocycles. The molecule has 2 aromatic carbocycles. The van der Waals surface area contributed by atoms with E-state index in [1.165, 1.54) is 0 Å². The lowest BCUT2D eigenvalue weighted by atomic mass is 10.1. The molecule has 3 N–H and O–H groups in total. The first-order chi connectivity index (χ1) is 9.29. The maximum atomic E-state index is 12.3. The Morgan fingerprint density at radius 2 is 1.65 bits per heavy atom. The summed E-state index contributed by atoms with van der Waals surface area (Å²) in [5.41, 5.74) is 8.64.